The Hall–Kier alpha value is -2.62. The number of hydrogen-bond acceptors (Lipinski definition) is 1. The van der Waals surface area contributed by atoms with Gasteiger partial charge in [0.05, 0.1) is 11.4 Å². The van der Waals surface area contributed by atoms with Gasteiger partial charge < -0.3 is 0 Å². The van der Waals surface area contributed by atoms with Crippen LogP contribution < -0.4 is 0 Å². The Balaban J connectivity index is 1.94. The lowest BCUT2D eigenvalue weighted by Crippen LogP contribution is -1.98. The second-order valence-electron chi connectivity index (χ2n) is 6.40. The Bertz CT molecular complexity index is 1280. The Kier molecular flexibility index (Phi) is 4.00. The topological polar surface area (TPSA) is 17.8 Å². The normalized spacial score (nSPS) is 11.3. The molecule has 4 aromatic carbocycles. The zero-order valence-corrected chi connectivity index (χ0v) is 16.6. The first-order chi connectivity index (χ1) is 13.2. The van der Waals surface area contributed by atoms with Gasteiger partial charge in [0, 0.05) is 25.8 Å². The van der Waals surface area contributed by atoms with Gasteiger partial charge >= 0.3 is 0 Å². The van der Waals surface area contributed by atoms with Gasteiger partial charge in [0.1, 0.15) is 5.52 Å². The van der Waals surface area contributed by atoms with Crippen molar-refractivity contribution in [2.75, 3.05) is 0 Å². The second-order valence-corrected chi connectivity index (χ2v) is 7.69. The molecule has 0 aliphatic carbocycles. The molecule has 0 unspecified atom stereocenters. The molecule has 1 aromatic heterocycles. The molecule has 0 saturated carbocycles. The number of fused-ring (bicyclic) bond motifs is 3. The summed E-state index contributed by atoms with van der Waals surface area (Å²) in [6.45, 7) is 0. The summed E-state index contributed by atoms with van der Waals surface area (Å²) >= 11 is 9.87. The summed E-state index contributed by atoms with van der Waals surface area (Å²) in [6, 6.07) is 28.6. The number of benzene rings is 4. The molecule has 0 aliphatic heterocycles. The van der Waals surface area contributed by atoms with Crippen LogP contribution >= 0.6 is 27.5 Å². The highest BCUT2D eigenvalue weighted by molar-refractivity contribution is 9.10. The maximum absolute atomic E-state index is 6.12. The van der Waals surface area contributed by atoms with E-state index in [1.807, 2.05) is 53.2 Å². The van der Waals surface area contributed by atoms with Gasteiger partial charge in [-0.2, -0.15) is 5.10 Å². The molecule has 0 atom stereocenters. The summed E-state index contributed by atoms with van der Waals surface area (Å²) < 4.78 is 3.08. The van der Waals surface area contributed by atoms with E-state index >= 15 is 0 Å². The van der Waals surface area contributed by atoms with Gasteiger partial charge in [-0.3, -0.25) is 0 Å². The Morgan fingerprint density at radius 2 is 1.41 bits per heavy atom. The third-order valence-electron chi connectivity index (χ3n) is 4.75. The molecule has 5 aromatic rings. The SMILES string of the molecule is Clc1ccc(-c2c3cc(Br)c4ccccc4c3nn2-c2ccccc2)cc1. The van der Waals surface area contributed by atoms with E-state index in [4.69, 9.17) is 16.7 Å². The largest absolute Gasteiger partial charge is 0.232 e. The highest BCUT2D eigenvalue weighted by Crippen LogP contribution is 2.38. The molecule has 0 spiro atoms. The van der Waals surface area contributed by atoms with E-state index in [2.05, 4.69) is 52.3 Å². The molecule has 0 saturated heterocycles. The molecule has 27 heavy (non-hydrogen) atoms. The first kappa shape index (κ1) is 16.5. The van der Waals surface area contributed by atoms with Crippen molar-refractivity contribution in [1.29, 1.82) is 0 Å². The van der Waals surface area contributed by atoms with Gasteiger partial charge in [0.25, 0.3) is 0 Å². The molecule has 1 heterocycles. The smallest absolute Gasteiger partial charge is 0.101 e. The van der Waals surface area contributed by atoms with E-state index in [0.717, 1.165) is 48.1 Å². The first-order valence-electron chi connectivity index (χ1n) is 8.64. The summed E-state index contributed by atoms with van der Waals surface area (Å²) in [5, 5.41) is 9.13. The number of aromatic nitrogens is 2. The zero-order chi connectivity index (χ0) is 18.4. The van der Waals surface area contributed by atoms with E-state index in [1.54, 1.807) is 0 Å². The summed E-state index contributed by atoms with van der Waals surface area (Å²) in [5.41, 5.74) is 4.15. The fourth-order valence-corrected chi connectivity index (χ4v) is 4.21. The molecule has 130 valence electrons. The molecule has 2 nitrogen and oxygen atoms in total. The number of para-hydroxylation sites is 1. The van der Waals surface area contributed by atoms with Crippen LogP contribution in [0.15, 0.2) is 89.4 Å². The lowest BCUT2D eigenvalue weighted by atomic mass is 10.0. The fraction of sp³-hybridized carbons (Fsp3) is 0. The monoisotopic (exact) mass is 432 g/mol. The van der Waals surface area contributed by atoms with Crippen molar-refractivity contribution >= 4 is 49.2 Å². The first-order valence-corrected chi connectivity index (χ1v) is 9.81. The van der Waals surface area contributed by atoms with Gasteiger partial charge in [-0.15, -0.1) is 0 Å². The van der Waals surface area contributed by atoms with Gasteiger partial charge in [-0.25, -0.2) is 4.68 Å². The van der Waals surface area contributed by atoms with Crippen molar-refractivity contribution < 1.29 is 0 Å². The maximum atomic E-state index is 6.12. The van der Waals surface area contributed by atoms with E-state index in [0.29, 0.717) is 0 Å². The Morgan fingerprint density at radius 1 is 0.741 bits per heavy atom. The van der Waals surface area contributed by atoms with Crippen molar-refractivity contribution in [3.63, 3.8) is 0 Å². The van der Waals surface area contributed by atoms with Crippen LogP contribution in [0.3, 0.4) is 0 Å². The summed E-state index contributed by atoms with van der Waals surface area (Å²) in [4.78, 5) is 0. The number of hydrogen-bond donors (Lipinski definition) is 0. The third-order valence-corrected chi connectivity index (χ3v) is 5.66. The predicted molar refractivity (Wildman–Crippen MR) is 117 cm³/mol. The molecule has 0 fully saturated rings. The van der Waals surface area contributed by atoms with Crippen molar-refractivity contribution in [3.05, 3.63) is 94.4 Å². The molecule has 0 N–H and O–H groups in total. The molecular formula is C23H14BrClN2. The molecule has 5 rings (SSSR count). The van der Waals surface area contributed by atoms with E-state index in [-0.39, 0.29) is 0 Å². The van der Waals surface area contributed by atoms with E-state index in [9.17, 15) is 0 Å². The quantitative estimate of drug-likeness (QED) is 0.286. The van der Waals surface area contributed by atoms with Crippen LogP contribution in [-0.2, 0) is 0 Å². The molecule has 4 heteroatoms. The molecule has 0 aliphatic rings. The Morgan fingerprint density at radius 3 is 2.15 bits per heavy atom. The molecule has 0 bridgehead atoms. The van der Waals surface area contributed by atoms with E-state index in [1.165, 1.54) is 0 Å². The van der Waals surface area contributed by atoms with Crippen LogP contribution in [0, 0.1) is 0 Å². The number of nitrogens with zero attached hydrogens (tertiary/aromatic N) is 2. The highest BCUT2D eigenvalue weighted by Gasteiger charge is 2.18. The van der Waals surface area contributed by atoms with Crippen molar-refractivity contribution in [3.8, 4) is 16.9 Å². The maximum Gasteiger partial charge on any atom is 0.101 e. The lowest BCUT2D eigenvalue weighted by Gasteiger charge is -2.08. The average molecular weight is 434 g/mol. The van der Waals surface area contributed by atoms with Crippen LogP contribution in [0.4, 0.5) is 0 Å². The summed E-state index contributed by atoms with van der Waals surface area (Å²) in [6.07, 6.45) is 0. The average Bonchev–Trinajstić information content (AvgIpc) is 3.09. The summed E-state index contributed by atoms with van der Waals surface area (Å²) in [7, 11) is 0. The molecular weight excluding hydrogens is 420 g/mol. The van der Waals surface area contributed by atoms with Gasteiger partial charge in [0.15, 0.2) is 0 Å². The van der Waals surface area contributed by atoms with Crippen molar-refractivity contribution in [1.82, 2.24) is 9.78 Å². The van der Waals surface area contributed by atoms with Crippen molar-refractivity contribution in [2.24, 2.45) is 0 Å². The van der Waals surface area contributed by atoms with Gasteiger partial charge in [0.2, 0.25) is 0 Å². The van der Waals surface area contributed by atoms with E-state index < -0.39 is 0 Å². The van der Waals surface area contributed by atoms with Gasteiger partial charge in [-0.05, 0) is 35.7 Å². The lowest BCUT2D eigenvalue weighted by molar-refractivity contribution is 0.905. The van der Waals surface area contributed by atoms with Gasteiger partial charge in [-0.1, -0.05) is 82.1 Å². The minimum Gasteiger partial charge on any atom is -0.232 e. The summed E-state index contributed by atoms with van der Waals surface area (Å²) in [5.74, 6) is 0. The molecule has 0 radical (unpaired) electrons. The zero-order valence-electron chi connectivity index (χ0n) is 14.2. The second kappa shape index (κ2) is 6.52. The minimum atomic E-state index is 0.723. The van der Waals surface area contributed by atoms with Crippen LogP contribution in [-0.4, -0.2) is 9.78 Å². The number of rotatable bonds is 2. The van der Waals surface area contributed by atoms with Crippen molar-refractivity contribution in [2.45, 2.75) is 0 Å². The standard InChI is InChI=1S/C23H14BrClN2/c24-21-14-20-22(19-9-5-4-8-18(19)21)26-27(17-6-2-1-3-7-17)23(20)15-10-12-16(25)13-11-15/h1-14H. The molecule has 0 amide bonds. The fourth-order valence-electron chi connectivity index (χ4n) is 3.51. The van der Waals surface area contributed by atoms with Crippen LogP contribution in [0.25, 0.3) is 38.6 Å². The highest BCUT2D eigenvalue weighted by atomic mass is 79.9. The third kappa shape index (κ3) is 2.75. The number of halogens is 2. The van der Waals surface area contributed by atoms with Crippen LogP contribution in [0.5, 0.6) is 0 Å². The minimum absolute atomic E-state index is 0.723. The Labute approximate surface area is 170 Å². The van der Waals surface area contributed by atoms with Crippen LogP contribution in [0.1, 0.15) is 0 Å². The predicted octanol–water partition coefficient (Wildman–Crippen LogP) is 7.26. The van der Waals surface area contributed by atoms with Crippen LogP contribution in [0.2, 0.25) is 5.02 Å².